The fraction of sp³-hybridized carbons (Fsp3) is 0.457. The van der Waals surface area contributed by atoms with Gasteiger partial charge in [0.15, 0.2) is 0 Å². The van der Waals surface area contributed by atoms with Gasteiger partial charge in [-0.25, -0.2) is 4.39 Å². The van der Waals surface area contributed by atoms with Gasteiger partial charge in [-0.05, 0) is 102 Å². The van der Waals surface area contributed by atoms with Crippen LogP contribution in [0.2, 0.25) is 0 Å². The summed E-state index contributed by atoms with van der Waals surface area (Å²) in [7, 11) is 0. The van der Waals surface area contributed by atoms with Crippen LogP contribution in [0.3, 0.4) is 0 Å². The second-order valence-electron chi connectivity index (χ2n) is 12.3. The molecule has 210 valence electrons. The summed E-state index contributed by atoms with van der Waals surface area (Å²) >= 11 is 0. The van der Waals surface area contributed by atoms with Gasteiger partial charge in [-0.3, -0.25) is 4.79 Å². The Bertz CT molecular complexity index is 1300. The zero-order chi connectivity index (χ0) is 29.0. The number of aliphatic hydroxyl groups is 1. The monoisotopic (exact) mass is 532 g/mol. The minimum absolute atomic E-state index is 0.117. The quantitative estimate of drug-likeness (QED) is 0.260. The number of aliphatic carboxylic acids is 1. The number of carboxylic acids is 1. The van der Waals surface area contributed by atoms with Crippen LogP contribution >= 0.6 is 0 Å². The van der Waals surface area contributed by atoms with E-state index < -0.39 is 11.8 Å². The second-order valence-corrected chi connectivity index (χ2v) is 12.3. The average molecular weight is 533 g/mol. The number of carboxylic acid groups (broad SMARTS) is 1. The minimum atomic E-state index is -1.04. The molecule has 39 heavy (non-hydrogen) atoms. The molecular formula is C35H45FO3. The van der Waals surface area contributed by atoms with E-state index in [9.17, 15) is 14.3 Å². The molecule has 0 amide bonds. The van der Waals surface area contributed by atoms with Crippen LogP contribution in [0.5, 0.6) is 0 Å². The number of hydrogen-bond acceptors (Lipinski definition) is 2. The maximum atomic E-state index is 14.6. The molecule has 0 saturated heterocycles. The van der Waals surface area contributed by atoms with Crippen molar-refractivity contribution in [1.29, 1.82) is 0 Å². The third kappa shape index (κ3) is 7.36. The Balaban J connectivity index is 1.89. The number of hydrogen-bond donors (Lipinski definition) is 2. The number of rotatable bonds is 11. The molecule has 3 aromatic rings. The van der Waals surface area contributed by atoms with Crippen LogP contribution in [-0.2, 0) is 23.1 Å². The van der Waals surface area contributed by atoms with Gasteiger partial charge in [-0.15, -0.1) is 0 Å². The van der Waals surface area contributed by atoms with Gasteiger partial charge in [0.05, 0.1) is 12.5 Å². The lowest BCUT2D eigenvalue weighted by Crippen LogP contribution is -2.26. The molecular weight excluding hydrogens is 487 g/mol. The Kier molecular flexibility index (Phi) is 9.77. The molecule has 0 aliphatic heterocycles. The summed E-state index contributed by atoms with van der Waals surface area (Å²) in [4.78, 5) is 11.0. The van der Waals surface area contributed by atoms with Gasteiger partial charge in [0.1, 0.15) is 5.82 Å². The van der Waals surface area contributed by atoms with E-state index in [-0.39, 0.29) is 28.9 Å². The maximum absolute atomic E-state index is 14.6. The summed E-state index contributed by atoms with van der Waals surface area (Å²) in [6.07, 6.45) is 3.71. The van der Waals surface area contributed by atoms with Gasteiger partial charge in [0.25, 0.3) is 0 Å². The number of aliphatic hydroxyl groups excluding tert-OH is 1. The van der Waals surface area contributed by atoms with E-state index in [1.54, 1.807) is 12.1 Å². The van der Waals surface area contributed by atoms with Crippen molar-refractivity contribution in [3.63, 3.8) is 0 Å². The van der Waals surface area contributed by atoms with Crippen molar-refractivity contribution >= 4 is 5.97 Å². The van der Waals surface area contributed by atoms with Crippen LogP contribution in [0.1, 0.15) is 93.7 Å². The molecule has 0 aromatic heterocycles. The molecule has 0 aliphatic carbocycles. The molecule has 0 radical (unpaired) electrons. The van der Waals surface area contributed by atoms with Crippen LogP contribution in [0.4, 0.5) is 4.39 Å². The van der Waals surface area contributed by atoms with E-state index in [0.29, 0.717) is 0 Å². The Labute approximate surface area is 234 Å². The van der Waals surface area contributed by atoms with Crippen LogP contribution in [0.15, 0.2) is 54.6 Å². The van der Waals surface area contributed by atoms with Crippen molar-refractivity contribution in [2.24, 2.45) is 5.41 Å². The molecule has 1 unspecified atom stereocenters. The predicted molar refractivity (Wildman–Crippen MR) is 159 cm³/mol. The van der Waals surface area contributed by atoms with Crippen LogP contribution in [0.25, 0.3) is 11.1 Å². The second kappa shape index (κ2) is 12.5. The topological polar surface area (TPSA) is 57.5 Å². The van der Waals surface area contributed by atoms with Crippen molar-refractivity contribution < 1.29 is 19.4 Å². The highest BCUT2D eigenvalue weighted by molar-refractivity contribution is 5.72. The lowest BCUT2D eigenvalue weighted by Gasteiger charge is -2.34. The van der Waals surface area contributed by atoms with Crippen molar-refractivity contribution in [2.45, 2.75) is 98.5 Å². The van der Waals surface area contributed by atoms with E-state index in [1.165, 1.54) is 28.3 Å². The Morgan fingerprint density at radius 2 is 1.46 bits per heavy atom. The third-order valence-electron chi connectivity index (χ3n) is 8.18. The highest BCUT2D eigenvalue weighted by Crippen LogP contribution is 2.41. The summed E-state index contributed by atoms with van der Waals surface area (Å²) in [5, 5.41) is 19.5. The lowest BCUT2D eigenvalue weighted by atomic mass is 9.69. The summed E-state index contributed by atoms with van der Waals surface area (Å²) in [5.74, 6) is -1.53. The van der Waals surface area contributed by atoms with E-state index >= 15 is 0 Å². The van der Waals surface area contributed by atoms with E-state index in [0.717, 1.165) is 48.8 Å². The fourth-order valence-electron chi connectivity index (χ4n) is 5.94. The van der Waals surface area contributed by atoms with E-state index in [1.807, 2.05) is 0 Å². The van der Waals surface area contributed by atoms with Crippen molar-refractivity contribution in [3.8, 4) is 11.1 Å². The van der Waals surface area contributed by atoms with Gasteiger partial charge in [-0.1, -0.05) is 83.1 Å². The van der Waals surface area contributed by atoms with Gasteiger partial charge in [-0.2, -0.15) is 0 Å². The molecule has 2 N–H and O–H groups in total. The molecule has 3 rings (SSSR count). The predicted octanol–water partition coefficient (Wildman–Crippen LogP) is 8.57. The lowest BCUT2D eigenvalue weighted by molar-refractivity contribution is -0.136. The number of aryl methyl sites for hydroxylation is 3. The van der Waals surface area contributed by atoms with Crippen LogP contribution in [0, 0.1) is 25.1 Å². The highest BCUT2D eigenvalue weighted by atomic mass is 19.1. The van der Waals surface area contributed by atoms with Crippen molar-refractivity contribution in [3.05, 3.63) is 93.8 Å². The largest absolute Gasteiger partial charge is 0.481 e. The van der Waals surface area contributed by atoms with Gasteiger partial charge < -0.3 is 10.2 Å². The maximum Gasteiger partial charge on any atom is 0.307 e. The summed E-state index contributed by atoms with van der Waals surface area (Å²) < 4.78 is 14.6. The van der Waals surface area contributed by atoms with Gasteiger partial charge in [0.2, 0.25) is 0 Å². The molecule has 3 nitrogen and oxygen atoms in total. The normalized spacial score (nSPS) is 12.9. The first-order valence-corrected chi connectivity index (χ1v) is 14.2. The Morgan fingerprint density at radius 1 is 0.872 bits per heavy atom. The number of halogens is 1. The number of benzene rings is 3. The molecule has 4 heteroatoms. The molecule has 0 aliphatic rings. The average Bonchev–Trinajstić information content (AvgIpc) is 2.85. The van der Waals surface area contributed by atoms with Gasteiger partial charge >= 0.3 is 5.97 Å². The zero-order valence-electron chi connectivity index (χ0n) is 24.7. The van der Waals surface area contributed by atoms with Crippen LogP contribution in [-0.4, -0.2) is 22.3 Å². The smallest absolute Gasteiger partial charge is 0.307 e. The molecule has 0 heterocycles. The third-order valence-corrected chi connectivity index (χ3v) is 8.18. The first-order valence-electron chi connectivity index (χ1n) is 14.2. The van der Waals surface area contributed by atoms with E-state index in [4.69, 9.17) is 5.11 Å². The SMILES string of the molecule is CCC(CC)(c1ccc(CCC(O)CC(C)(C)C)c(C)c1)c1ccc(-c2ccc(CC(=O)O)c(F)c2)c(C)c1. The first-order chi connectivity index (χ1) is 18.3. The standard InChI is InChI=1S/C35H45FO3/c1-8-35(9-2,28-14-12-25(23(3)18-28)13-16-30(37)22-34(5,6)7)29-15-17-31(24(4)19-29)26-10-11-27(21-33(38)39)32(36)20-26/h10-12,14-15,17-20,30,37H,8-9,13,16,21-22H2,1-7H3,(H,38,39). The van der Waals surface area contributed by atoms with E-state index in [2.05, 4.69) is 84.9 Å². The number of carbonyl (C=O) groups is 1. The molecule has 0 bridgehead atoms. The van der Waals surface area contributed by atoms with Crippen molar-refractivity contribution in [1.82, 2.24) is 0 Å². The summed E-state index contributed by atoms with van der Waals surface area (Å²) in [6, 6.07) is 18.1. The summed E-state index contributed by atoms with van der Waals surface area (Å²) in [5.41, 5.74) is 7.99. The fourth-order valence-corrected chi connectivity index (χ4v) is 5.94. The minimum Gasteiger partial charge on any atom is -0.481 e. The Hall–Kier alpha value is -2.98. The Morgan fingerprint density at radius 3 is 1.97 bits per heavy atom. The van der Waals surface area contributed by atoms with Crippen molar-refractivity contribution in [2.75, 3.05) is 0 Å². The highest BCUT2D eigenvalue weighted by Gasteiger charge is 2.31. The zero-order valence-corrected chi connectivity index (χ0v) is 24.7. The van der Waals surface area contributed by atoms with Gasteiger partial charge in [0, 0.05) is 5.41 Å². The molecule has 1 atom stereocenters. The molecule has 0 spiro atoms. The molecule has 3 aromatic carbocycles. The molecule has 0 fully saturated rings. The first kappa shape index (κ1) is 30.6. The summed E-state index contributed by atoms with van der Waals surface area (Å²) in [6.45, 7) is 15.2. The van der Waals surface area contributed by atoms with Crippen LogP contribution < -0.4 is 0 Å². The molecule has 0 saturated carbocycles.